The second-order valence-electron chi connectivity index (χ2n) is 6.56. The maximum absolute atomic E-state index is 12.7. The van der Waals surface area contributed by atoms with Crippen LogP contribution in [0.3, 0.4) is 0 Å². The topological polar surface area (TPSA) is 85.6 Å². The summed E-state index contributed by atoms with van der Waals surface area (Å²) < 4.78 is 1.65. The van der Waals surface area contributed by atoms with Gasteiger partial charge in [-0.2, -0.15) is 5.10 Å². The Hall–Kier alpha value is -3.09. The van der Waals surface area contributed by atoms with E-state index in [1.807, 2.05) is 38.2 Å². The Morgan fingerprint density at radius 3 is 2.81 bits per heavy atom. The summed E-state index contributed by atoms with van der Waals surface area (Å²) >= 11 is 0. The van der Waals surface area contributed by atoms with Gasteiger partial charge in [-0.15, -0.1) is 0 Å². The van der Waals surface area contributed by atoms with Crippen LogP contribution in [0.15, 0.2) is 36.8 Å². The smallest absolute Gasteiger partial charge is 0.251 e. The van der Waals surface area contributed by atoms with Crippen LogP contribution in [0, 0.1) is 6.92 Å². The minimum Gasteiger partial charge on any atom is -0.342 e. The molecule has 3 rings (SSSR count). The maximum Gasteiger partial charge on any atom is 0.251 e. The Morgan fingerprint density at radius 2 is 2.11 bits per heavy atom. The number of rotatable bonds is 6. The lowest BCUT2D eigenvalue weighted by molar-refractivity contribution is 0.0937. The Labute approximate surface area is 158 Å². The standard InChI is InChI=1S/C20H24N6O/c1-5-7-17-11-21-14(3)25-18(17)15-8-6-9-16(10-15)20(27)24-13(2)19-22-12-23-26(19)4/h6,8-13H,5,7H2,1-4H3,(H,24,27). The van der Waals surface area contributed by atoms with Crippen molar-refractivity contribution in [3.8, 4) is 11.3 Å². The van der Waals surface area contributed by atoms with Crippen molar-refractivity contribution in [2.24, 2.45) is 7.05 Å². The van der Waals surface area contributed by atoms with Crippen LogP contribution in [0.25, 0.3) is 11.3 Å². The molecule has 0 aliphatic heterocycles. The van der Waals surface area contributed by atoms with E-state index < -0.39 is 0 Å². The molecule has 1 amide bonds. The summed E-state index contributed by atoms with van der Waals surface area (Å²) in [5, 5.41) is 7.02. The molecule has 2 aromatic heterocycles. The Morgan fingerprint density at radius 1 is 1.30 bits per heavy atom. The highest BCUT2D eigenvalue weighted by Gasteiger charge is 2.16. The van der Waals surface area contributed by atoms with E-state index in [0.717, 1.165) is 35.5 Å². The van der Waals surface area contributed by atoms with Gasteiger partial charge in [-0.3, -0.25) is 9.48 Å². The minimum absolute atomic E-state index is 0.157. The molecular weight excluding hydrogens is 340 g/mol. The van der Waals surface area contributed by atoms with E-state index in [1.54, 1.807) is 17.8 Å². The highest BCUT2D eigenvalue weighted by Crippen LogP contribution is 2.24. The van der Waals surface area contributed by atoms with Crippen molar-refractivity contribution in [3.63, 3.8) is 0 Å². The highest BCUT2D eigenvalue weighted by atomic mass is 16.1. The summed E-state index contributed by atoms with van der Waals surface area (Å²) in [6, 6.07) is 7.29. The van der Waals surface area contributed by atoms with Crippen molar-refractivity contribution < 1.29 is 4.79 Å². The zero-order valence-corrected chi connectivity index (χ0v) is 16.1. The summed E-state index contributed by atoms with van der Waals surface area (Å²) in [5.41, 5.74) is 3.48. The number of nitrogens with one attached hydrogen (secondary N) is 1. The molecule has 0 radical (unpaired) electrons. The number of nitrogens with zero attached hydrogens (tertiary/aromatic N) is 5. The molecule has 0 bridgehead atoms. The van der Waals surface area contributed by atoms with Gasteiger partial charge < -0.3 is 5.32 Å². The molecule has 0 aliphatic rings. The normalized spacial score (nSPS) is 12.0. The van der Waals surface area contributed by atoms with Crippen LogP contribution in [0.1, 0.15) is 53.9 Å². The fourth-order valence-electron chi connectivity index (χ4n) is 3.05. The quantitative estimate of drug-likeness (QED) is 0.727. The molecule has 3 aromatic rings. The Kier molecular flexibility index (Phi) is 5.59. The van der Waals surface area contributed by atoms with Gasteiger partial charge in [0.25, 0.3) is 5.91 Å². The fraction of sp³-hybridized carbons (Fsp3) is 0.350. The maximum atomic E-state index is 12.7. The van der Waals surface area contributed by atoms with Crippen molar-refractivity contribution in [1.82, 2.24) is 30.0 Å². The van der Waals surface area contributed by atoms with Crippen LogP contribution < -0.4 is 5.32 Å². The number of benzene rings is 1. The summed E-state index contributed by atoms with van der Waals surface area (Å²) in [7, 11) is 1.80. The molecule has 140 valence electrons. The third kappa shape index (κ3) is 4.19. The van der Waals surface area contributed by atoms with Crippen molar-refractivity contribution in [3.05, 3.63) is 59.6 Å². The molecule has 7 nitrogen and oxygen atoms in total. The van der Waals surface area contributed by atoms with Gasteiger partial charge in [0.2, 0.25) is 0 Å². The summed E-state index contributed by atoms with van der Waals surface area (Å²) in [4.78, 5) is 25.8. The number of hydrogen-bond donors (Lipinski definition) is 1. The number of amides is 1. The van der Waals surface area contributed by atoms with Gasteiger partial charge in [-0.05, 0) is 38.0 Å². The number of carbonyl (C=O) groups is 1. The first-order valence-electron chi connectivity index (χ1n) is 9.07. The molecule has 1 N–H and O–H groups in total. The van der Waals surface area contributed by atoms with Crippen LogP contribution in [0.5, 0.6) is 0 Å². The van der Waals surface area contributed by atoms with Crippen molar-refractivity contribution in [1.29, 1.82) is 0 Å². The van der Waals surface area contributed by atoms with Crippen LogP contribution in [0.2, 0.25) is 0 Å². The zero-order chi connectivity index (χ0) is 19.4. The predicted octanol–water partition coefficient (Wildman–Crippen LogP) is 3.02. The number of aromatic nitrogens is 5. The van der Waals surface area contributed by atoms with Crippen LogP contribution in [-0.2, 0) is 13.5 Å². The molecule has 2 heterocycles. The van der Waals surface area contributed by atoms with E-state index in [4.69, 9.17) is 0 Å². The number of aryl methyl sites for hydroxylation is 3. The van der Waals surface area contributed by atoms with E-state index in [2.05, 4.69) is 32.3 Å². The molecule has 7 heteroatoms. The summed E-state index contributed by atoms with van der Waals surface area (Å²) in [5.74, 6) is 1.27. The minimum atomic E-state index is -0.245. The molecule has 0 saturated carbocycles. The summed E-state index contributed by atoms with van der Waals surface area (Å²) in [6.45, 7) is 5.89. The first kappa shape index (κ1) is 18.7. The predicted molar refractivity (Wildman–Crippen MR) is 103 cm³/mol. The average molecular weight is 364 g/mol. The molecule has 1 aromatic carbocycles. The lowest BCUT2D eigenvalue weighted by Crippen LogP contribution is -2.28. The molecule has 1 atom stereocenters. The molecule has 0 spiro atoms. The van der Waals surface area contributed by atoms with Gasteiger partial charge in [0, 0.05) is 24.4 Å². The lowest BCUT2D eigenvalue weighted by Gasteiger charge is -2.14. The third-order valence-electron chi connectivity index (χ3n) is 4.38. The van der Waals surface area contributed by atoms with Crippen molar-refractivity contribution in [2.45, 2.75) is 39.7 Å². The van der Waals surface area contributed by atoms with Crippen LogP contribution >= 0.6 is 0 Å². The van der Waals surface area contributed by atoms with Crippen LogP contribution in [0.4, 0.5) is 0 Å². The molecule has 0 aliphatic carbocycles. The van der Waals surface area contributed by atoms with Crippen molar-refractivity contribution >= 4 is 5.91 Å². The van der Waals surface area contributed by atoms with Gasteiger partial charge in [0.15, 0.2) is 0 Å². The van der Waals surface area contributed by atoms with E-state index >= 15 is 0 Å². The second kappa shape index (κ2) is 8.07. The van der Waals surface area contributed by atoms with E-state index in [1.165, 1.54) is 6.33 Å². The molecular formula is C20H24N6O. The molecule has 0 fully saturated rings. The molecule has 1 unspecified atom stereocenters. The highest BCUT2D eigenvalue weighted by molar-refractivity contribution is 5.95. The summed E-state index contributed by atoms with van der Waals surface area (Å²) in [6.07, 6.45) is 5.26. The molecule has 27 heavy (non-hydrogen) atoms. The van der Waals surface area contributed by atoms with E-state index in [0.29, 0.717) is 11.4 Å². The SMILES string of the molecule is CCCc1cnc(C)nc1-c1cccc(C(=O)NC(C)c2ncnn2C)c1. The van der Waals surface area contributed by atoms with E-state index in [9.17, 15) is 4.79 Å². The molecule has 0 saturated heterocycles. The first-order chi connectivity index (χ1) is 13.0. The third-order valence-corrected chi connectivity index (χ3v) is 4.38. The largest absolute Gasteiger partial charge is 0.342 e. The van der Waals surface area contributed by atoms with E-state index in [-0.39, 0.29) is 11.9 Å². The lowest BCUT2D eigenvalue weighted by atomic mass is 10.0. The van der Waals surface area contributed by atoms with Gasteiger partial charge in [0.1, 0.15) is 18.0 Å². The average Bonchev–Trinajstić information content (AvgIpc) is 3.09. The Bertz CT molecular complexity index is 949. The zero-order valence-electron chi connectivity index (χ0n) is 16.1. The van der Waals surface area contributed by atoms with Gasteiger partial charge in [-0.1, -0.05) is 25.5 Å². The van der Waals surface area contributed by atoms with Gasteiger partial charge >= 0.3 is 0 Å². The number of hydrogen-bond acceptors (Lipinski definition) is 5. The fourth-order valence-corrected chi connectivity index (χ4v) is 3.05. The van der Waals surface area contributed by atoms with Gasteiger partial charge in [0.05, 0.1) is 11.7 Å². The number of carbonyl (C=O) groups excluding carboxylic acids is 1. The van der Waals surface area contributed by atoms with Crippen molar-refractivity contribution in [2.75, 3.05) is 0 Å². The Balaban J connectivity index is 1.87. The second-order valence-corrected chi connectivity index (χ2v) is 6.56. The first-order valence-corrected chi connectivity index (χ1v) is 9.07. The monoisotopic (exact) mass is 364 g/mol. The van der Waals surface area contributed by atoms with Gasteiger partial charge in [-0.25, -0.2) is 15.0 Å². The van der Waals surface area contributed by atoms with Crippen LogP contribution in [-0.4, -0.2) is 30.6 Å².